The molecule has 0 bridgehead atoms. The average Bonchev–Trinajstić information content (AvgIpc) is 3.37. The van der Waals surface area contributed by atoms with Gasteiger partial charge in [0.25, 0.3) is 5.91 Å². The van der Waals surface area contributed by atoms with Gasteiger partial charge < -0.3 is 9.84 Å². The van der Waals surface area contributed by atoms with E-state index in [1.54, 1.807) is 12.1 Å². The first-order valence-corrected chi connectivity index (χ1v) is 11.0. The van der Waals surface area contributed by atoms with Crippen LogP contribution in [0.4, 0.5) is 0 Å². The Labute approximate surface area is 184 Å². The zero-order valence-electron chi connectivity index (χ0n) is 17.3. The molecule has 2 aromatic carbocycles. The molecule has 160 valence electrons. The number of rotatable bonds is 6. The molecule has 2 heterocycles. The lowest BCUT2D eigenvalue weighted by molar-refractivity contribution is -0.138. The van der Waals surface area contributed by atoms with E-state index in [9.17, 15) is 9.59 Å². The van der Waals surface area contributed by atoms with Crippen molar-refractivity contribution in [3.63, 3.8) is 0 Å². The van der Waals surface area contributed by atoms with Crippen LogP contribution < -0.4 is 4.74 Å². The van der Waals surface area contributed by atoms with Gasteiger partial charge >= 0.3 is 5.97 Å². The molecule has 0 spiro atoms. The lowest BCUT2D eigenvalue weighted by Gasteiger charge is -2.23. The van der Waals surface area contributed by atoms with Crippen LogP contribution in [-0.4, -0.2) is 45.2 Å². The molecular formula is C23H23N3O4S. The number of carboxylic acids is 1. The van der Waals surface area contributed by atoms with Crippen molar-refractivity contribution >= 4 is 34.5 Å². The number of aliphatic carboxylic acids is 1. The minimum Gasteiger partial charge on any atom is -0.497 e. The zero-order chi connectivity index (χ0) is 22.0. The number of benzene rings is 2. The number of thioether (sulfide) groups is 1. The maximum Gasteiger partial charge on any atom is 0.305 e. The normalized spacial score (nSPS) is 20.6. The monoisotopic (exact) mass is 437 g/mol. The van der Waals surface area contributed by atoms with Crippen LogP contribution in [0.5, 0.6) is 5.75 Å². The summed E-state index contributed by atoms with van der Waals surface area (Å²) in [6.07, 6.45) is 1.35. The second-order valence-electron chi connectivity index (χ2n) is 7.37. The zero-order valence-corrected chi connectivity index (χ0v) is 18.1. The van der Waals surface area contributed by atoms with Crippen molar-refractivity contribution in [1.82, 2.24) is 5.01 Å². The molecule has 0 unspecified atom stereocenters. The Morgan fingerprint density at radius 1 is 1.19 bits per heavy atom. The van der Waals surface area contributed by atoms with Crippen molar-refractivity contribution < 1.29 is 19.4 Å². The Balaban J connectivity index is 1.66. The average molecular weight is 438 g/mol. The number of hydrogen-bond acceptors (Lipinski definition) is 6. The maximum absolute atomic E-state index is 12.3. The predicted octanol–water partition coefficient (Wildman–Crippen LogP) is 3.88. The van der Waals surface area contributed by atoms with Crippen molar-refractivity contribution in [2.75, 3.05) is 7.11 Å². The molecule has 0 saturated carbocycles. The first kappa shape index (κ1) is 21.1. The Kier molecular flexibility index (Phi) is 6.08. The second-order valence-corrected chi connectivity index (χ2v) is 8.54. The van der Waals surface area contributed by atoms with Crippen LogP contribution in [0, 0.1) is 0 Å². The van der Waals surface area contributed by atoms with Crippen molar-refractivity contribution in [3.8, 4) is 5.75 Å². The molecular weight excluding hydrogens is 414 g/mol. The van der Waals surface area contributed by atoms with E-state index >= 15 is 0 Å². The molecule has 1 N–H and O–H groups in total. The van der Waals surface area contributed by atoms with Gasteiger partial charge in [-0.2, -0.15) is 10.1 Å². The van der Waals surface area contributed by atoms with Crippen molar-refractivity contribution in [2.24, 2.45) is 10.1 Å². The molecule has 4 rings (SSSR count). The lowest BCUT2D eigenvalue weighted by Crippen LogP contribution is -2.24. The van der Waals surface area contributed by atoms with Gasteiger partial charge in [-0.25, -0.2) is 5.01 Å². The number of hydrazone groups is 1. The molecule has 0 fully saturated rings. The van der Waals surface area contributed by atoms with E-state index in [2.05, 4.69) is 36.2 Å². The molecule has 2 aliphatic heterocycles. The van der Waals surface area contributed by atoms with E-state index in [1.165, 1.54) is 17.3 Å². The SMILES string of the molecule is CCc1ccc([C@@H]2CC(c3ccc(OC)cc3)=NN2C2=NC(=O)[C@@H](CC(=O)O)S2)cc1. The number of carbonyl (C=O) groups is 2. The van der Waals surface area contributed by atoms with Gasteiger partial charge in [-0.3, -0.25) is 9.59 Å². The molecule has 2 aromatic rings. The van der Waals surface area contributed by atoms with Crippen LogP contribution in [0.2, 0.25) is 0 Å². The number of nitrogens with zero attached hydrogens (tertiary/aromatic N) is 3. The Morgan fingerprint density at radius 2 is 1.90 bits per heavy atom. The van der Waals surface area contributed by atoms with Crippen LogP contribution in [0.15, 0.2) is 58.6 Å². The Hall–Kier alpha value is -3.13. The number of ether oxygens (including phenoxy) is 1. The number of carbonyl (C=O) groups excluding carboxylic acids is 1. The van der Waals surface area contributed by atoms with Crippen LogP contribution in [0.1, 0.15) is 42.5 Å². The highest BCUT2D eigenvalue weighted by Gasteiger charge is 2.39. The topological polar surface area (TPSA) is 91.6 Å². The summed E-state index contributed by atoms with van der Waals surface area (Å²) in [5.41, 5.74) is 4.16. The first-order valence-electron chi connectivity index (χ1n) is 10.1. The van der Waals surface area contributed by atoms with Gasteiger partial charge in [0, 0.05) is 6.42 Å². The summed E-state index contributed by atoms with van der Waals surface area (Å²) in [5.74, 6) is -0.669. The van der Waals surface area contributed by atoms with Crippen molar-refractivity contribution in [2.45, 2.75) is 37.5 Å². The fourth-order valence-corrected chi connectivity index (χ4v) is 4.70. The number of amidine groups is 1. The van der Waals surface area contributed by atoms with E-state index in [4.69, 9.17) is 14.9 Å². The summed E-state index contributed by atoms with van der Waals surface area (Å²) in [6.45, 7) is 2.11. The van der Waals surface area contributed by atoms with E-state index in [-0.39, 0.29) is 12.5 Å². The summed E-state index contributed by atoms with van der Waals surface area (Å²) in [7, 11) is 1.62. The second kappa shape index (κ2) is 8.93. The van der Waals surface area contributed by atoms with Gasteiger partial charge in [0.05, 0.1) is 25.3 Å². The van der Waals surface area contributed by atoms with Gasteiger partial charge in [0.1, 0.15) is 11.0 Å². The molecule has 31 heavy (non-hydrogen) atoms. The molecule has 0 radical (unpaired) electrons. The fourth-order valence-electron chi connectivity index (χ4n) is 3.64. The number of carboxylic acid groups (broad SMARTS) is 1. The summed E-state index contributed by atoms with van der Waals surface area (Å²) in [5, 5.41) is 15.4. The molecule has 7 nitrogen and oxygen atoms in total. The molecule has 1 amide bonds. The molecule has 0 aromatic heterocycles. The summed E-state index contributed by atoms with van der Waals surface area (Å²) in [6, 6.07) is 15.9. The quantitative estimate of drug-likeness (QED) is 0.737. The third kappa shape index (κ3) is 4.49. The number of hydrogen-bond donors (Lipinski definition) is 1. The molecule has 2 aliphatic rings. The molecule has 0 saturated heterocycles. The van der Waals surface area contributed by atoms with E-state index < -0.39 is 17.1 Å². The molecule has 0 aliphatic carbocycles. The third-order valence-corrected chi connectivity index (χ3v) is 6.53. The minimum atomic E-state index is -1.02. The summed E-state index contributed by atoms with van der Waals surface area (Å²) >= 11 is 1.17. The van der Waals surface area contributed by atoms with Crippen LogP contribution in [0.25, 0.3) is 0 Å². The maximum atomic E-state index is 12.3. The number of amides is 1. The first-order chi connectivity index (χ1) is 15.0. The molecule has 8 heteroatoms. The van der Waals surface area contributed by atoms with Gasteiger partial charge in [-0.1, -0.05) is 43.0 Å². The van der Waals surface area contributed by atoms with Crippen LogP contribution in [0.3, 0.4) is 0 Å². The van der Waals surface area contributed by atoms with Gasteiger partial charge in [-0.15, -0.1) is 0 Å². The smallest absolute Gasteiger partial charge is 0.305 e. The van der Waals surface area contributed by atoms with Crippen LogP contribution >= 0.6 is 11.8 Å². The lowest BCUT2D eigenvalue weighted by atomic mass is 9.97. The van der Waals surface area contributed by atoms with Crippen molar-refractivity contribution in [1.29, 1.82) is 0 Å². The Bertz CT molecular complexity index is 1050. The van der Waals surface area contributed by atoms with Crippen molar-refractivity contribution in [3.05, 3.63) is 65.2 Å². The predicted molar refractivity (Wildman–Crippen MR) is 121 cm³/mol. The van der Waals surface area contributed by atoms with Crippen LogP contribution in [-0.2, 0) is 16.0 Å². The third-order valence-electron chi connectivity index (χ3n) is 5.39. The Morgan fingerprint density at radius 3 is 2.52 bits per heavy atom. The fraction of sp³-hybridized carbons (Fsp3) is 0.304. The molecule has 2 atom stereocenters. The largest absolute Gasteiger partial charge is 0.497 e. The summed E-state index contributed by atoms with van der Waals surface area (Å²) in [4.78, 5) is 27.5. The number of methoxy groups -OCH3 is 1. The standard InChI is InChI=1S/C23H23N3O4S/c1-3-14-4-6-16(7-5-14)19-12-18(15-8-10-17(30-2)11-9-15)25-26(19)23-24-22(29)20(31-23)13-21(27)28/h4-11,19-20H,3,12-13H2,1-2H3,(H,27,28)/t19-,20+/m0/s1. The van der Waals surface area contributed by atoms with Gasteiger partial charge in [0.15, 0.2) is 5.17 Å². The highest BCUT2D eigenvalue weighted by molar-refractivity contribution is 8.15. The number of aryl methyl sites for hydroxylation is 1. The number of aliphatic imine (C=N–C) groups is 1. The van der Waals surface area contributed by atoms with Gasteiger partial charge in [-0.05, 0) is 47.4 Å². The van der Waals surface area contributed by atoms with E-state index in [0.29, 0.717) is 11.6 Å². The van der Waals surface area contributed by atoms with Gasteiger partial charge in [0.2, 0.25) is 0 Å². The van der Waals surface area contributed by atoms with E-state index in [0.717, 1.165) is 29.0 Å². The summed E-state index contributed by atoms with van der Waals surface area (Å²) < 4.78 is 5.24. The minimum absolute atomic E-state index is 0.120. The highest BCUT2D eigenvalue weighted by Crippen LogP contribution is 2.38. The highest BCUT2D eigenvalue weighted by atomic mass is 32.2. The van der Waals surface area contributed by atoms with E-state index in [1.807, 2.05) is 24.3 Å².